The number of carbonyl (C=O) groups is 1. The van der Waals surface area contributed by atoms with Crippen LogP contribution in [0.2, 0.25) is 5.02 Å². The second-order valence-corrected chi connectivity index (χ2v) is 13.9. The SMILES string of the molecule is CS(=O)(=O)NCC1(O)C2CC[C@H]1CC(S(=O)(=O)c1cc(C(=O)Nc3ccc(F)c(F)c3)ccc1Cl)C2. The number of aliphatic hydroxyl groups is 1. The number of hydrogen-bond acceptors (Lipinski definition) is 6. The smallest absolute Gasteiger partial charge is 0.255 e. The molecule has 0 radical (unpaired) electrons. The molecule has 2 bridgehead atoms. The summed E-state index contributed by atoms with van der Waals surface area (Å²) in [5.41, 5.74) is -1.40. The summed E-state index contributed by atoms with van der Waals surface area (Å²) in [6, 6.07) is 6.56. The molecule has 4 rings (SSSR count). The zero-order valence-corrected chi connectivity index (χ0v) is 21.6. The van der Waals surface area contributed by atoms with Crippen LogP contribution in [0.5, 0.6) is 0 Å². The van der Waals surface area contributed by atoms with E-state index in [1.54, 1.807) is 0 Å². The van der Waals surface area contributed by atoms with Crippen LogP contribution in [0, 0.1) is 23.5 Å². The minimum Gasteiger partial charge on any atom is -0.388 e. The average molecular weight is 563 g/mol. The number of benzene rings is 2. The van der Waals surface area contributed by atoms with Gasteiger partial charge in [-0.25, -0.2) is 30.3 Å². The van der Waals surface area contributed by atoms with Crippen molar-refractivity contribution in [3.05, 3.63) is 58.6 Å². The Balaban J connectivity index is 1.56. The molecule has 0 aliphatic heterocycles. The van der Waals surface area contributed by atoms with Crippen molar-refractivity contribution in [3.63, 3.8) is 0 Å². The lowest BCUT2D eigenvalue weighted by Gasteiger charge is -2.42. The van der Waals surface area contributed by atoms with Crippen LogP contribution in [0.15, 0.2) is 41.3 Å². The fourth-order valence-corrected chi connectivity index (χ4v) is 8.11. The first kappa shape index (κ1) is 26.9. The third kappa shape index (κ3) is 5.28. The fourth-order valence-electron chi connectivity index (χ4n) is 5.22. The lowest BCUT2D eigenvalue weighted by molar-refractivity contribution is -0.0525. The van der Waals surface area contributed by atoms with E-state index in [0.717, 1.165) is 24.5 Å². The Labute approximate surface area is 213 Å². The van der Waals surface area contributed by atoms with Crippen molar-refractivity contribution in [1.29, 1.82) is 0 Å². The van der Waals surface area contributed by atoms with Gasteiger partial charge in [0.25, 0.3) is 5.91 Å². The van der Waals surface area contributed by atoms with Gasteiger partial charge in [-0.15, -0.1) is 0 Å². The Bertz CT molecular complexity index is 1400. The van der Waals surface area contributed by atoms with E-state index in [0.29, 0.717) is 12.8 Å². The highest BCUT2D eigenvalue weighted by atomic mass is 35.5. The van der Waals surface area contributed by atoms with Crippen molar-refractivity contribution in [3.8, 4) is 0 Å². The van der Waals surface area contributed by atoms with Crippen LogP contribution in [0.1, 0.15) is 36.0 Å². The maximum absolute atomic E-state index is 13.6. The van der Waals surface area contributed by atoms with Gasteiger partial charge >= 0.3 is 0 Å². The summed E-state index contributed by atoms with van der Waals surface area (Å²) in [6.07, 6.45) is 2.34. The van der Waals surface area contributed by atoms with Gasteiger partial charge < -0.3 is 10.4 Å². The molecule has 2 saturated carbocycles. The third-order valence-corrected chi connectivity index (χ3v) is 10.4. The van der Waals surface area contributed by atoms with Crippen molar-refractivity contribution < 1.29 is 35.5 Å². The summed E-state index contributed by atoms with van der Waals surface area (Å²) < 4.78 is 79.2. The second kappa shape index (κ2) is 9.64. The molecule has 0 heterocycles. The number of sulfonamides is 1. The molecule has 2 aromatic carbocycles. The molecule has 2 aromatic rings. The molecule has 0 spiro atoms. The summed E-state index contributed by atoms with van der Waals surface area (Å²) >= 11 is 6.22. The molecule has 0 saturated heterocycles. The van der Waals surface area contributed by atoms with Gasteiger partial charge in [-0.05, 0) is 67.9 Å². The average Bonchev–Trinajstić information content (AvgIpc) is 2.96. The zero-order chi connectivity index (χ0) is 26.5. The molecule has 2 aliphatic rings. The number of fused-ring (bicyclic) bond motifs is 2. The monoisotopic (exact) mass is 562 g/mol. The highest BCUT2D eigenvalue weighted by molar-refractivity contribution is 7.92. The van der Waals surface area contributed by atoms with Crippen LogP contribution in [-0.2, 0) is 19.9 Å². The van der Waals surface area contributed by atoms with Gasteiger partial charge in [-0.3, -0.25) is 4.79 Å². The normalized spacial score (nSPS) is 26.1. The molecular formula is C23H25ClF2N2O6S2. The summed E-state index contributed by atoms with van der Waals surface area (Å²) in [6.45, 7) is -0.186. The lowest BCUT2D eigenvalue weighted by atomic mass is 9.74. The van der Waals surface area contributed by atoms with Crippen LogP contribution in [0.3, 0.4) is 0 Å². The first-order valence-corrected chi connectivity index (χ1v) is 15.0. The van der Waals surface area contributed by atoms with Crippen LogP contribution < -0.4 is 10.0 Å². The van der Waals surface area contributed by atoms with Crippen LogP contribution in [0.4, 0.5) is 14.5 Å². The van der Waals surface area contributed by atoms with Gasteiger partial charge in [0.1, 0.15) is 0 Å². The topological polar surface area (TPSA) is 130 Å². The molecule has 3 unspecified atom stereocenters. The largest absolute Gasteiger partial charge is 0.388 e. The van der Waals surface area contributed by atoms with E-state index in [2.05, 4.69) is 10.0 Å². The molecule has 0 aromatic heterocycles. The Morgan fingerprint density at radius 2 is 1.69 bits per heavy atom. The zero-order valence-electron chi connectivity index (χ0n) is 19.2. The van der Waals surface area contributed by atoms with Gasteiger partial charge in [0.15, 0.2) is 21.5 Å². The van der Waals surface area contributed by atoms with Crippen molar-refractivity contribution in [2.24, 2.45) is 11.8 Å². The van der Waals surface area contributed by atoms with Gasteiger partial charge in [-0.2, -0.15) is 0 Å². The minimum absolute atomic E-state index is 0.0101. The predicted molar refractivity (Wildman–Crippen MR) is 130 cm³/mol. The van der Waals surface area contributed by atoms with Crippen LogP contribution in [0.25, 0.3) is 0 Å². The number of carbonyl (C=O) groups excluding carboxylic acids is 1. The van der Waals surface area contributed by atoms with Gasteiger partial charge in [0.2, 0.25) is 10.0 Å². The Morgan fingerprint density at radius 1 is 1.06 bits per heavy atom. The molecular weight excluding hydrogens is 538 g/mol. The van der Waals surface area contributed by atoms with Gasteiger partial charge in [0.05, 0.1) is 27.0 Å². The fraction of sp³-hybridized carbons (Fsp3) is 0.435. The molecule has 36 heavy (non-hydrogen) atoms. The maximum Gasteiger partial charge on any atom is 0.255 e. The van der Waals surface area contributed by atoms with Crippen LogP contribution in [-0.4, -0.2) is 51.5 Å². The predicted octanol–water partition coefficient (Wildman–Crippen LogP) is 3.11. The van der Waals surface area contributed by atoms with Crippen molar-refractivity contribution in [2.75, 3.05) is 18.1 Å². The summed E-state index contributed by atoms with van der Waals surface area (Å²) in [5.74, 6) is -3.81. The van der Waals surface area contributed by atoms with Crippen molar-refractivity contribution in [2.45, 2.75) is 41.4 Å². The molecule has 2 fully saturated rings. The molecule has 4 atom stereocenters. The Kier molecular flexibility index (Phi) is 7.21. The number of rotatable bonds is 7. The molecule has 1 amide bonds. The van der Waals surface area contributed by atoms with E-state index in [-0.39, 0.29) is 40.6 Å². The highest BCUT2D eigenvalue weighted by Crippen LogP contribution is 2.52. The molecule has 3 N–H and O–H groups in total. The minimum atomic E-state index is -4.02. The summed E-state index contributed by atoms with van der Waals surface area (Å²) in [7, 11) is -7.56. The number of anilines is 1. The molecule has 13 heteroatoms. The molecule has 196 valence electrons. The van der Waals surface area contributed by atoms with E-state index in [1.165, 1.54) is 18.2 Å². The Morgan fingerprint density at radius 3 is 2.28 bits per heavy atom. The van der Waals surface area contributed by atoms with Gasteiger partial charge in [0, 0.05) is 23.9 Å². The van der Waals surface area contributed by atoms with E-state index in [9.17, 15) is 35.5 Å². The van der Waals surface area contributed by atoms with E-state index >= 15 is 0 Å². The number of halogens is 3. The standard InChI is InChI=1S/C23H25ClF2N2O6S2/c1-35(31,32)27-12-23(30)14-3-4-15(23)10-17(9-14)36(33,34)21-8-13(2-6-18(21)24)22(29)28-16-5-7-19(25)20(26)11-16/h2,5-8,11,14-15,17,27,30H,3-4,9-10,12H2,1H3,(H,28,29)/t14-,15?,17?,23?/m0/s1. The third-order valence-electron chi connectivity index (χ3n) is 7.11. The molecule has 8 nitrogen and oxygen atoms in total. The summed E-state index contributed by atoms with van der Waals surface area (Å²) in [4.78, 5) is 12.4. The lowest BCUT2D eigenvalue weighted by Crippen LogP contribution is -2.54. The quantitative estimate of drug-likeness (QED) is 0.475. The van der Waals surface area contributed by atoms with E-state index in [4.69, 9.17) is 11.6 Å². The van der Waals surface area contributed by atoms with Crippen molar-refractivity contribution >= 4 is 43.1 Å². The van der Waals surface area contributed by atoms with E-state index < -0.39 is 60.1 Å². The molecule has 2 aliphatic carbocycles. The second-order valence-electron chi connectivity index (χ2n) is 9.42. The number of hydrogen-bond donors (Lipinski definition) is 3. The number of nitrogens with one attached hydrogen (secondary N) is 2. The number of amides is 1. The summed E-state index contributed by atoms with van der Waals surface area (Å²) in [5, 5.41) is 12.6. The van der Waals surface area contributed by atoms with E-state index in [1.807, 2.05) is 0 Å². The van der Waals surface area contributed by atoms with Crippen LogP contribution >= 0.6 is 11.6 Å². The van der Waals surface area contributed by atoms with Gasteiger partial charge in [-0.1, -0.05) is 11.6 Å². The first-order chi connectivity index (χ1) is 16.7. The highest BCUT2D eigenvalue weighted by Gasteiger charge is 2.55. The Hall–Kier alpha value is -2.12. The van der Waals surface area contributed by atoms with Crippen molar-refractivity contribution in [1.82, 2.24) is 4.72 Å². The maximum atomic E-state index is 13.6. The first-order valence-electron chi connectivity index (χ1n) is 11.2. The number of sulfone groups is 1.